The summed E-state index contributed by atoms with van der Waals surface area (Å²) in [5.74, 6) is 0. The Balaban J connectivity index is 1.89. The van der Waals surface area contributed by atoms with Crippen LogP contribution in [0.2, 0.25) is 0 Å². The summed E-state index contributed by atoms with van der Waals surface area (Å²) in [5.41, 5.74) is 2.09. The van der Waals surface area contributed by atoms with E-state index >= 15 is 0 Å². The van der Waals surface area contributed by atoms with Crippen molar-refractivity contribution < 1.29 is 5.11 Å². The van der Waals surface area contributed by atoms with Crippen molar-refractivity contribution in [2.45, 2.75) is 26.4 Å². The molecule has 0 aliphatic heterocycles. The first-order valence-corrected chi connectivity index (χ1v) is 7.92. The fraction of sp³-hybridized carbons (Fsp3) is 0.267. The number of aryl methyl sites for hydroxylation is 2. The molecule has 1 aromatic carbocycles. The molecule has 2 aromatic heterocycles. The van der Waals surface area contributed by atoms with Crippen molar-refractivity contribution in [2.75, 3.05) is 0 Å². The van der Waals surface area contributed by atoms with Crippen LogP contribution in [-0.2, 0) is 6.42 Å². The quantitative estimate of drug-likeness (QED) is 0.782. The number of fused-ring (bicyclic) bond motifs is 1. The lowest BCUT2D eigenvalue weighted by Gasteiger charge is -2.07. The summed E-state index contributed by atoms with van der Waals surface area (Å²) in [6, 6.07) is 8.21. The summed E-state index contributed by atoms with van der Waals surface area (Å²) in [4.78, 5) is 5.74. The molecule has 1 unspecified atom stereocenters. The molecule has 3 aromatic rings. The second kappa shape index (κ2) is 5.04. The first kappa shape index (κ1) is 12.8. The Hall–Kier alpha value is -1.23. The molecular weight excluding hydrogens is 274 g/mol. The van der Waals surface area contributed by atoms with Crippen molar-refractivity contribution >= 4 is 32.8 Å². The molecule has 98 valence electrons. The summed E-state index contributed by atoms with van der Waals surface area (Å²) in [7, 11) is 0. The monoisotopic (exact) mass is 289 g/mol. The molecule has 4 heteroatoms. The SMILES string of the molecule is Cc1nc(CC(O)c2csc3ccccc23)sc1C. The summed E-state index contributed by atoms with van der Waals surface area (Å²) in [5, 5.41) is 14.7. The molecule has 3 rings (SSSR count). The summed E-state index contributed by atoms with van der Waals surface area (Å²) in [6.45, 7) is 4.09. The second-order valence-corrected chi connectivity index (χ2v) is 6.86. The van der Waals surface area contributed by atoms with Crippen molar-refractivity contribution in [1.82, 2.24) is 4.98 Å². The standard InChI is InChI=1S/C15H15NOS2/c1-9-10(2)19-15(16-9)7-13(17)12-8-18-14-6-4-3-5-11(12)14/h3-6,8,13,17H,7H2,1-2H3. The zero-order valence-electron chi connectivity index (χ0n) is 10.9. The van der Waals surface area contributed by atoms with E-state index in [1.807, 2.05) is 19.1 Å². The molecule has 0 saturated carbocycles. The molecular formula is C15H15NOS2. The lowest BCUT2D eigenvalue weighted by atomic mass is 10.1. The number of aliphatic hydroxyl groups is 1. The van der Waals surface area contributed by atoms with Gasteiger partial charge in [0.1, 0.15) is 0 Å². The smallest absolute Gasteiger partial charge is 0.0960 e. The largest absolute Gasteiger partial charge is 0.388 e. The van der Waals surface area contributed by atoms with Gasteiger partial charge in [0.25, 0.3) is 0 Å². The van der Waals surface area contributed by atoms with E-state index < -0.39 is 6.10 Å². The van der Waals surface area contributed by atoms with Gasteiger partial charge in [-0.25, -0.2) is 4.98 Å². The number of rotatable bonds is 3. The van der Waals surface area contributed by atoms with Crippen molar-refractivity contribution in [2.24, 2.45) is 0 Å². The average molecular weight is 289 g/mol. The topological polar surface area (TPSA) is 33.1 Å². The molecule has 1 N–H and O–H groups in total. The Morgan fingerprint density at radius 3 is 2.79 bits per heavy atom. The number of thiazole rings is 1. The number of aromatic nitrogens is 1. The van der Waals surface area contributed by atoms with E-state index in [4.69, 9.17) is 0 Å². The molecule has 0 fully saturated rings. The summed E-state index contributed by atoms with van der Waals surface area (Å²) in [6.07, 6.45) is 0.126. The van der Waals surface area contributed by atoms with Crippen molar-refractivity contribution in [3.63, 3.8) is 0 Å². The van der Waals surface area contributed by atoms with E-state index in [-0.39, 0.29) is 0 Å². The molecule has 0 amide bonds. The molecule has 0 aliphatic carbocycles. The third-order valence-corrected chi connectivity index (χ3v) is 5.39. The maximum atomic E-state index is 10.4. The van der Waals surface area contributed by atoms with Crippen LogP contribution in [0.25, 0.3) is 10.1 Å². The zero-order chi connectivity index (χ0) is 13.4. The van der Waals surface area contributed by atoms with Gasteiger partial charge in [0, 0.05) is 16.0 Å². The molecule has 0 bridgehead atoms. The Morgan fingerprint density at radius 1 is 1.26 bits per heavy atom. The number of hydrogen-bond donors (Lipinski definition) is 1. The minimum Gasteiger partial charge on any atom is -0.388 e. The summed E-state index contributed by atoms with van der Waals surface area (Å²) >= 11 is 3.36. The fourth-order valence-corrected chi connectivity index (χ4v) is 4.14. The molecule has 2 nitrogen and oxygen atoms in total. The van der Waals surface area contributed by atoms with E-state index in [1.54, 1.807) is 22.7 Å². The van der Waals surface area contributed by atoms with Crippen LogP contribution in [0.15, 0.2) is 29.6 Å². The number of aliphatic hydroxyl groups excluding tert-OH is 1. The Morgan fingerprint density at radius 2 is 2.05 bits per heavy atom. The molecule has 19 heavy (non-hydrogen) atoms. The van der Waals surface area contributed by atoms with Gasteiger partial charge in [-0.3, -0.25) is 0 Å². The number of thiophene rings is 1. The van der Waals surface area contributed by atoms with E-state index in [2.05, 4.69) is 29.4 Å². The zero-order valence-corrected chi connectivity index (χ0v) is 12.5. The lowest BCUT2D eigenvalue weighted by Crippen LogP contribution is -2.00. The number of benzene rings is 1. The molecule has 1 atom stereocenters. The Bertz CT molecular complexity index is 694. The van der Waals surface area contributed by atoms with Gasteiger partial charge in [0.15, 0.2) is 0 Å². The van der Waals surface area contributed by atoms with Crippen LogP contribution in [-0.4, -0.2) is 10.1 Å². The third kappa shape index (κ3) is 2.43. The number of hydrogen-bond acceptors (Lipinski definition) is 4. The molecule has 0 spiro atoms. The molecule has 0 radical (unpaired) electrons. The molecule has 0 aliphatic rings. The minimum atomic E-state index is -0.471. The Kier molecular flexibility index (Phi) is 3.39. The van der Waals surface area contributed by atoms with Gasteiger partial charge in [0.2, 0.25) is 0 Å². The van der Waals surface area contributed by atoms with Crippen LogP contribution in [0.3, 0.4) is 0 Å². The van der Waals surface area contributed by atoms with Crippen LogP contribution in [0.1, 0.15) is 27.2 Å². The van der Waals surface area contributed by atoms with Gasteiger partial charge in [-0.2, -0.15) is 0 Å². The second-order valence-electron chi connectivity index (χ2n) is 4.66. The Labute approximate surface area is 120 Å². The molecule has 0 saturated heterocycles. The lowest BCUT2D eigenvalue weighted by molar-refractivity contribution is 0.180. The fourth-order valence-electron chi connectivity index (χ4n) is 2.16. The van der Waals surface area contributed by atoms with Gasteiger partial charge < -0.3 is 5.11 Å². The summed E-state index contributed by atoms with van der Waals surface area (Å²) < 4.78 is 1.23. The highest BCUT2D eigenvalue weighted by molar-refractivity contribution is 7.17. The van der Waals surface area contributed by atoms with Crippen LogP contribution in [0.4, 0.5) is 0 Å². The van der Waals surface area contributed by atoms with Crippen LogP contribution < -0.4 is 0 Å². The van der Waals surface area contributed by atoms with E-state index in [9.17, 15) is 5.11 Å². The first-order chi connectivity index (χ1) is 9.15. The van der Waals surface area contributed by atoms with E-state index in [0.29, 0.717) is 6.42 Å². The van der Waals surface area contributed by atoms with Gasteiger partial charge in [0.05, 0.1) is 16.8 Å². The van der Waals surface area contributed by atoms with E-state index in [1.165, 1.54) is 9.58 Å². The minimum absolute atomic E-state index is 0.471. The van der Waals surface area contributed by atoms with Gasteiger partial charge in [-0.1, -0.05) is 18.2 Å². The maximum absolute atomic E-state index is 10.4. The number of nitrogens with zero attached hydrogens (tertiary/aromatic N) is 1. The van der Waals surface area contributed by atoms with Crippen LogP contribution in [0, 0.1) is 13.8 Å². The van der Waals surface area contributed by atoms with Gasteiger partial charge in [-0.05, 0) is 36.2 Å². The highest BCUT2D eigenvalue weighted by atomic mass is 32.1. The third-order valence-electron chi connectivity index (χ3n) is 3.31. The average Bonchev–Trinajstić information content (AvgIpc) is 2.94. The van der Waals surface area contributed by atoms with Gasteiger partial charge in [-0.15, -0.1) is 22.7 Å². The van der Waals surface area contributed by atoms with E-state index in [0.717, 1.165) is 21.7 Å². The normalized spacial score (nSPS) is 13.0. The van der Waals surface area contributed by atoms with Crippen molar-refractivity contribution in [1.29, 1.82) is 0 Å². The first-order valence-electron chi connectivity index (χ1n) is 6.22. The molecule has 2 heterocycles. The predicted molar refractivity (Wildman–Crippen MR) is 82.1 cm³/mol. The van der Waals surface area contributed by atoms with Crippen molar-refractivity contribution in [3.8, 4) is 0 Å². The predicted octanol–water partition coefficient (Wildman–Crippen LogP) is 4.25. The maximum Gasteiger partial charge on any atom is 0.0960 e. The van der Waals surface area contributed by atoms with Gasteiger partial charge >= 0.3 is 0 Å². The highest BCUT2D eigenvalue weighted by Gasteiger charge is 2.16. The van der Waals surface area contributed by atoms with Crippen LogP contribution >= 0.6 is 22.7 Å². The van der Waals surface area contributed by atoms with Crippen molar-refractivity contribution in [3.05, 3.63) is 50.8 Å². The highest BCUT2D eigenvalue weighted by Crippen LogP contribution is 2.32. The van der Waals surface area contributed by atoms with Crippen LogP contribution in [0.5, 0.6) is 0 Å².